The zero-order chi connectivity index (χ0) is 16.2. The van der Waals surface area contributed by atoms with Crippen LogP contribution in [0.1, 0.15) is 10.4 Å². The Bertz CT molecular complexity index is 662. The molecule has 0 unspecified atom stereocenters. The maximum atomic E-state index is 12.5. The van der Waals surface area contributed by atoms with Crippen LogP contribution in [-0.2, 0) is 0 Å². The number of rotatable bonds is 3. The number of hydrogen-bond donors (Lipinski definition) is 1. The standard InChI is InChI=1S/C18H21N3OS/c1-23-17-8-6-16(7-9-17)20-10-12-21(13-11-20)18(22)14-2-4-15(19)5-3-14/h2-9H,10-13,19H2,1H3. The predicted octanol–water partition coefficient (Wildman–Crippen LogP) is 2.95. The molecule has 0 bridgehead atoms. The maximum Gasteiger partial charge on any atom is 0.253 e. The van der Waals surface area contributed by atoms with Gasteiger partial charge in [0.15, 0.2) is 0 Å². The van der Waals surface area contributed by atoms with Crippen LogP contribution in [0.4, 0.5) is 11.4 Å². The quantitative estimate of drug-likeness (QED) is 0.695. The molecule has 1 amide bonds. The number of benzene rings is 2. The molecule has 0 radical (unpaired) electrons. The van der Waals surface area contributed by atoms with Crippen molar-refractivity contribution in [2.75, 3.05) is 43.1 Å². The molecule has 3 rings (SSSR count). The van der Waals surface area contributed by atoms with Crippen molar-refractivity contribution in [2.24, 2.45) is 0 Å². The van der Waals surface area contributed by atoms with Gasteiger partial charge in [0.05, 0.1) is 0 Å². The van der Waals surface area contributed by atoms with Crippen LogP contribution >= 0.6 is 11.8 Å². The van der Waals surface area contributed by atoms with Gasteiger partial charge in [-0.3, -0.25) is 4.79 Å². The highest BCUT2D eigenvalue weighted by Crippen LogP contribution is 2.22. The Hall–Kier alpha value is -2.14. The molecule has 2 N–H and O–H groups in total. The Kier molecular flexibility index (Phi) is 4.76. The number of carbonyl (C=O) groups is 1. The van der Waals surface area contributed by atoms with Gasteiger partial charge < -0.3 is 15.5 Å². The zero-order valence-corrected chi connectivity index (χ0v) is 14.1. The summed E-state index contributed by atoms with van der Waals surface area (Å²) in [6.07, 6.45) is 2.08. The highest BCUT2D eigenvalue weighted by molar-refractivity contribution is 7.98. The first-order valence-electron chi connectivity index (χ1n) is 7.71. The molecule has 0 aliphatic carbocycles. The van der Waals surface area contributed by atoms with Crippen molar-refractivity contribution in [3.8, 4) is 0 Å². The normalized spacial score (nSPS) is 14.8. The van der Waals surface area contributed by atoms with E-state index in [2.05, 4.69) is 35.4 Å². The molecule has 0 spiro atoms. The maximum absolute atomic E-state index is 12.5. The smallest absolute Gasteiger partial charge is 0.253 e. The summed E-state index contributed by atoms with van der Waals surface area (Å²) in [6, 6.07) is 15.7. The van der Waals surface area contributed by atoms with E-state index in [1.165, 1.54) is 10.6 Å². The van der Waals surface area contributed by atoms with Gasteiger partial charge in [-0.1, -0.05) is 0 Å². The van der Waals surface area contributed by atoms with Crippen LogP contribution in [0, 0.1) is 0 Å². The van der Waals surface area contributed by atoms with Gasteiger partial charge in [0.2, 0.25) is 0 Å². The van der Waals surface area contributed by atoms with E-state index in [4.69, 9.17) is 5.73 Å². The second-order valence-electron chi connectivity index (χ2n) is 5.60. The summed E-state index contributed by atoms with van der Waals surface area (Å²) in [6.45, 7) is 3.21. The third-order valence-corrected chi connectivity index (χ3v) is 4.91. The van der Waals surface area contributed by atoms with Gasteiger partial charge in [-0.25, -0.2) is 0 Å². The number of nitrogens with two attached hydrogens (primary N) is 1. The lowest BCUT2D eigenvalue weighted by molar-refractivity contribution is 0.0747. The zero-order valence-electron chi connectivity index (χ0n) is 13.2. The van der Waals surface area contributed by atoms with Crippen molar-refractivity contribution >= 4 is 29.0 Å². The molecule has 1 saturated heterocycles. The molecule has 23 heavy (non-hydrogen) atoms. The van der Waals surface area contributed by atoms with Crippen LogP contribution in [-0.4, -0.2) is 43.2 Å². The van der Waals surface area contributed by atoms with Gasteiger partial charge in [-0.15, -0.1) is 11.8 Å². The molecule has 5 heteroatoms. The van der Waals surface area contributed by atoms with E-state index in [-0.39, 0.29) is 5.91 Å². The minimum Gasteiger partial charge on any atom is -0.399 e. The first kappa shape index (κ1) is 15.7. The predicted molar refractivity (Wildman–Crippen MR) is 97.2 cm³/mol. The molecule has 1 heterocycles. The van der Waals surface area contributed by atoms with Crippen molar-refractivity contribution in [1.82, 2.24) is 4.90 Å². The molecular weight excluding hydrogens is 306 g/mol. The number of anilines is 2. The van der Waals surface area contributed by atoms with Gasteiger partial charge in [0, 0.05) is 48.0 Å². The van der Waals surface area contributed by atoms with Crippen LogP contribution in [0.25, 0.3) is 0 Å². The molecule has 1 fully saturated rings. The van der Waals surface area contributed by atoms with E-state index in [1.807, 2.05) is 4.90 Å². The Morgan fingerprint density at radius 1 is 0.957 bits per heavy atom. The lowest BCUT2D eigenvalue weighted by Crippen LogP contribution is -2.48. The summed E-state index contributed by atoms with van der Waals surface area (Å²) in [5, 5.41) is 0. The molecule has 0 saturated carbocycles. The second-order valence-corrected chi connectivity index (χ2v) is 6.48. The van der Waals surface area contributed by atoms with Crippen LogP contribution < -0.4 is 10.6 Å². The van der Waals surface area contributed by atoms with Gasteiger partial charge in [0.25, 0.3) is 5.91 Å². The summed E-state index contributed by atoms with van der Waals surface area (Å²) in [7, 11) is 0. The number of amides is 1. The Balaban J connectivity index is 1.61. The molecule has 2 aromatic carbocycles. The number of thioether (sulfide) groups is 1. The van der Waals surface area contributed by atoms with E-state index in [0.29, 0.717) is 11.3 Å². The van der Waals surface area contributed by atoms with Gasteiger partial charge in [0.1, 0.15) is 0 Å². The van der Waals surface area contributed by atoms with Gasteiger partial charge in [-0.2, -0.15) is 0 Å². The third-order valence-electron chi connectivity index (χ3n) is 4.16. The molecule has 120 valence electrons. The van der Waals surface area contributed by atoms with E-state index >= 15 is 0 Å². The van der Waals surface area contributed by atoms with E-state index in [1.54, 1.807) is 36.0 Å². The first-order chi connectivity index (χ1) is 11.2. The summed E-state index contributed by atoms with van der Waals surface area (Å²) in [5.41, 5.74) is 8.29. The number of piperazine rings is 1. The Morgan fingerprint density at radius 3 is 2.13 bits per heavy atom. The van der Waals surface area contributed by atoms with Crippen molar-refractivity contribution in [3.05, 3.63) is 54.1 Å². The average Bonchev–Trinajstić information content (AvgIpc) is 2.62. The summed E-state index contributed by atoms with van der Waals surface area (Å²) >= 11 is 1.75. The van der Waals surface area contributed by atoms with Crippen LogP contribution in [0.15, 0.2) is 53.4 Å². The third kappa shape index (κ3) is 3.62. The Labute approximate surface area is 141 Å². The van der Waals surface area contributed by atoms with E-state index < -0.39 is 0 Å². The lowest BCUT2D eigenvalue weighted by atomic mass is 10.1. The molecule has 4 nitrogen and oxygen atoms in total. The van der Waals surface area contributed by atoms with Crippen molar-refractivity contribution < 1.29 is 4.79 Å². The molecule has 0 aromatic heterocycles. The molecule has 0 atom stereocenters. The van der Waals surface area contributed by atoms with E-state index in [9.17, 15) is 4.79 Å². The number of hydrogen-bond acceptors (Lipinski definition) is 4. The molecule has 1 aliphatic heterocycles. The largest absolute Gasteiger partial charge is 0.399 e. The monoisotopic (exact) mass is 327 g/mol. The number of nitrogen functional groups attached to an aromatic ring is 1. The molecule has 1 aliphatic rings. The minimum absolute atomic E-state index is 0.0855. The van der Waals surface area contributed by atoms with E-state index in [0.717, 1.165) is 26.2 Å². The molecular formula is C18H21N3OS. The fraction of sp³-hybridized carbons (Fsp3) is 0.278. The average molecular weight is 327 g/mol. The highest BCUT2D eigenvalue weighted by atomic mass is 32.2. The van der Waals surface area contributed by atoms with Crippen molar-refractivity contribution in [3.63, 3.8) is 0 Å². The van der Waals surface area contributed by atoms with Crippen LogP contribution in [0.2, 0.25) is 0 Å². The number of carbonyl (C=O) groups excluding carboxylic acids is 1. The van der Waals surface area contributed by atoms with Gasteiger partial charge in [-0.05, 0) is 54.8 Å². The van der Waals surface area contributed by atoms with Gasteiger partial charge >= 0.3 is 0 Å². The number of nitrogens with zero attached hydrogens (tertiary/aromatic N) is 2. The lowest BCUT2D eigenvalue weighted by Gasteiger charge is -2.36. The van der Waals surface area contributed by atoms with Crippen LogP contribution in [0.5, 0.6) is 0 Å². The SMILES string of the molecule is CSc1ccc(N2CCN(C(=O)c3ccc(N)cc3)CC2)cc1. The summed E-state index contributed by atoms with van der Waals surface area (Å²) in [5.74, 6) is 0.0855. The Morgan fingerprint density at radius 2 is 1.57 bits per heavy atom. The fourth-order valence-electron chi connectivity index (χ4n) is 2.77. The van der Waals surface area contributed by atoms with Crippen LogP contribution in [0.3, 0.4) is 0 Å². The summed E-state index contributed by atoms with van der Waals surface area (Å²) in [4.78, 5) is 18.0. The minimum atomic E-state index is 0.0855. The fourth-order valence-corrected chi connectivity index (χ4v) is 3.18. The first-order valence-corrected chi connectivity index (χ1v) is 8.93. The second kappa shape index (κ2) is 6.96. The topological polar surface area (TPSA) is 49.6 Å². The summed E-state index contributed by atoms with van der Waals surface area (Å²) < 4.78 is 0. The van der Waals surface area contributed by atoms with Crippen molar-refractivity contribution in [2.45, 2.75) is 4.90 Å². The van der Waals surface area contributed by atoms with Crippen molar-refractivity contribution in [1.29, 1.82) is 0 Å². The highest BCUT2D eigenvalue weighted by Gasteiger charge is 2.22. The molecule has 2 aromatic rings.